The zero-order valence-electron chi connectivity index (χ0n) is 20.0. The number of rotatable bonds is 23. The quantitative estimate of drug-likeness (QED) is 0.102. The molecule has 2 nitrogen and oxygen atoms in total. The third kappa shape index (κ3) is 26.7. The lowest BCUT2D eigenvalue weighted by molar-refractivity contribution is -0.131. The summed E-state index contributed by atoms with van der Waals surface area (Å²) < 4.78 is 0. The first-order valence-electron chi connectivity index (χ1n) is 13.0. The van der Waals surface area contributed by atoms with E-state index >= 15 is 0 Å². The molecule has 0 heterocycles. The van der Waals surface area contributed by atoms with Crippen molar-refractivity contribution in [2.45, 2.75) is 135 Å². The smallest absolute Gasteiger partial charge is 0.328 e. The van der Waals surface area contributed by atoms with Gasteiger partial charge >= 0.3 is 5.97 Å². The molecule has 30 heavy (non-hydrogen) atoms. The van der Waals surface area contributed by atoms with Gasteiger partial charge < -0.3 is 5.11 Å². The summed E-state index contributed by atoms with van der Waals surface area (Å²) in [5.74, 6) is -0.905. The highest BCUT2D eigenvalue weighted by Crippen LogP contribution is 2.14. The van der Waals surface area contributed by atoms with E-state index in [4.69, 9.17) is 5.11 Å². The number of allylic oxidation sites excluding steroid dienone is 5. The third-order valence-electron chi connectivity index (χ3n) is 5.68. The Balaban J connectivity index is 3.13. The molecule has 0 amide bonds. The van der Waals surface area contributed by atoms with E-state index in [1.165, 1.54) is 122 Å². The second-order valence-corrected chi connectivity index (χ2v) is 8.66. The lowest BCUT2D eigenvalue weighted by Crippen LogP contribution is -1.84. The van der Waals surface area contributed by atoms with Crippen LogP contribution in [0.1, 0.15) is 135 Å². The average molecular weight is 419 g/mol. The van der Waals surface area contributed by atoms with Gasteiger partial charge in [-0.05, 0) is 12.8 Å². The molecule has 0 aliphatic carbocycles. The minimum Gasteiger partial charge on any atom is -0.478 e. The standard InChI is InChI=1S/C28H50O2/c1-2-3-4-5-6-7-8-9-10-11-12-13-14-15-16-17-18-19-20-21-22-23-24-25-26-27-28(29)30/h22-27H,2-21H2,1H3,(H,29,30). The van der Waals surface area contributed by atoms with E-state index in [0.717, 1.165) is 12.5 Å². The van der Waals surface area contributed by atoms with E-state index in [9.17, 15) is 4.79 Å². The molecular weight excluding hydrogens is 368 g/mol. The molecule has 0 unspecified atom stereocenters. The average Bonchev–Trinajstić information content (AvgIpc) is 2.73. The molecule has 0 aromatic heterocycles. The van der Waals surface area contributed by atoms with Crippen LogP contribution in [0.4, 0.5) is 0 Å². The third-order valence-corrected chi connectivity index (χ3v) is 5.68. The van der Waals surface area contributed by atoms with Gasteiger partial charge in [0.15, 0.2) is 0 Å². The summed E-state index contributed by atoms with van der Waals surface area (Å²) in [5.41, 5.74) is 0. The van der Waals surface area contributed by atoms with Gasteiger partial charge in [0, 0.05) is 6.08 Å². The highest BCUT2D eigenvalue weighted by Gasteiger charge is 1.95. The summed E-state index contributed by atoms with van der Waals surface area (Å²) >= 11 is 0. The topological polar surface area (TPSA) is 37.3 Å². The number of hydrogen-bond acceptors (Lipinski definition) is 1. The maximum Gasteiger partial charge on any atom is 0.328 e. The lowest BCUT2D eigenvalue weighted by Gasteiger charge is -2.03. The van der Waals surface area contributed by atoms with E-state index in [0.29, 0.717) is 0 Å². The van der Waals surface area contributed by atoms with Gasteiger partial charge in [0.2, 0.25) is 0 Å². The van der Waals surface area contributed by atoms with E-state index in [1.807, 2.05) is 12.2 Å². The fourth-order valence-electron chi connectivity index (χ4n) is 3.78. The Hall–Kier alpha value is -1.31. The summed E-state index contributed by atoms with van der Waals surface area (Å²) in [6.45, 7) is 2.29. The number of aliphatic carboxylic acids is 1. The molecule has 0 aliphatic rings. The van der Waals surface area contributed by atoms with Gasteiger partial charge in [-0.3, -0.25) is 0 Å². The zero-order chi connectivity index (χ0) is 22.0. The number of unbranched alkanes of at least 4 members (excludes halogenated alkanes) is 19. The fourth-order valence-corrected chi connectivity index (χ4v) is 3.78. The van der Waals surface area contributed by atoms with Gasteiger partial charge in [0.05, 0.1) is 0 Å². The Labute approximate surface area is 187 Å². The first kappa shape index (κ1) is 28.7. The van der Waals surface area contributed by atoms with Gasteiger partial charge in [-0.2, -0.15) is 0 Å². The summed E-state index contributed by atoms with van der Waals surface area (Å²) in [7, 11) is 0. The van der Waals surface area contributed by atoms with Crippen molar-refractivity contribution in [3.05, 3.63) is 36.5 Å². The first-order chi connectivity index (χ1) is 14.8. The monoisotopic (exact) mass is 418 g/mol. The number of hydrogen-bond donors (Lipinski definition) is 1. The normalized spacial score (nSPS) is 12.0. The zero-order valence-corrected chi connectivity index (χ0v) is 20.0. The Kier molecular flexibility index (Phi) is 24.6. The Morgan fingerprint density at radius 1 is 0.533 bits per heavy atom. The van der Waals surface area contributed by atoms with Gasteiger partial charge in [-0.25, -0.2) is 4.79 Å². The van der Waals surface area contributed by atoms with Crippen molar-refractivity contribution >= 4 is 5.97 Å². The largest absolute Gasteiger partial charge is 0.478 e. The van der Waals surface area contributed by atoms with Crippen molar-refractivity contribution < 1.29 is 9.90 Å². The molecule has 1 N–H and O–H groups in total. The van der Waals surface area contributed by atoms with Gasteiger partial charge in [-0.15, -0.1) is 0 Å². The first-order valence-corrected chi connectivity index (χ1v) is 13.0. The second-order valence-electron chi connectivity index (χ2n) is 8.66. The molecule has 0 rings (SSSR count). The molecule has 0 fully saturated rings. The summed E-state index contributed by atoms with van der Waals surface area (Å²) in [5, 5.41) is 8.46. The van der Waals surface area contributed by atoms with Crippen LogP contribution >= 0.6 is 0 Å². The Morgan fingerprint density at radius 3 is 1.30 bits per heavy atom. The van der Waals surface area contributed by atoms with Crippen molar-refractivity contribution in [1.29, 1.82) is 0 Å². The SMILES string of the molecule is CCCCCCCCCCCCCCCCCCCCCC=CC=CC=CC(=O)O. The minimum atomic E-state index is -0.905. The van der Waals surface area contributed by atoms with Crippen molar-refractivity contribution in [1.82, 2.24) is 0 Å². The molecular formula is C28H50O2. The van der Waals surface area contributed by atoms with Crippen molar-refractivity contribution in [2.75, 3.05) is 0 Å². The molecule has 0 aliphatic heterocycles. The molecule has 0 saturated heterocycles. The highest BCUT2D eigenvalue weighted by atomic mass is 16.4. The van der Waals surface area contributed by atoms with E-state index < -0.39 is 5.97 Å². The van der Waals surface area contributed by atoms with E-state index in [1.54, 1.807) is 12.2 Å². The Bertz CT molecular complexity index is 434. The van der Waals surface area contributed by atoms with Gasteiger partial charge in [0.25, 0.3) is 0 Å². The maximum atomic E-state index is 10.3. The maximum absolute atomic E-state index is 10.3. The van der Waals surface area contributed by atoms with Crippen LogP contribution in [0.3, 0.4) is 0 Å². The van der Waals surface area contributed by atoms with Crippen molar-refractivity contribution in [2.24, 2.45) is 0 Å². The van der Waals surface area contributed by atoms with Crippen LogP contribution < -0.4 is 0 Å². The van der Waals surface area contributed by atoms with Crippen LogP contribution in [0.15, 0.2) is 36.5 Å². The second kappa shape index (κ2) is 25.7. The van der Waals surface area contributed by atoms with Crippen LogP contribution in [-0.4, -0.2) is 11.1 Å². The number of carboxylic acids is 1. The van der Waals surface area contributed by atoms with E-state index in [-0.39, 0.29) is 0 Å². The van der Waals surface area contributed by atoms with Crippen LogP contribution in [0, 0.1) is 0 Å². The molecule has 2 heteroatoms. The summed E-state index contributed by atoms with van der Waals surface area (Å²) in [4.78, 5) is 10.3. The van der Waals surface area contributed by atoms with Gasteiger partial charge in [-0.1, -0.05) is 153 Å². The van der Waals surface area contributed by atoms with Crippen molar-refractivity contribution in [3.63, 3.8) is 0 Å². The molecule has 0 bridgehead atoms. The molecule has 0 aromatic rings. The number of carbonyl (C=O) groups is 1. The fraction of sp³-hybridized carbons (Fsp3) is 0.750. The minimum absolute atomic E-state index is 0.905. The molecule has 174 valence electrons. The van der Waals surface area contributed by atoms with Crippen LogP contribution in [0.2, 0.25) is 0 Å². The summed E-state index contributed by atoms with van der Waals surface area (Å²) in [6.07, 6.45) is 38.5. The summed E-state index contributed by atoms with van der Waals surface area (Å²) in [6, 6.07) is 0. The molecule has 0 spiro atoms. The predicted molar refractivity (Wildman–Crippen MR) is 133 cm³/mol. The van der Waals surface area contributed by atoms with E-state index in [2.05, 4.69) is 13.0 Å². The van der Waals surface area contributed by atoms with Crippen LogP contribution in [-0.2, 0) is 4.79 Å². The Morgan fingerprint density at radius 2 is 0.900 bits per heavy atom. The highest BCUT2D eigenvalue weighted by molar-refractivity contribution is 5.80. The van der Waals surface area contributed by atoms with Crippen LogP contribution in [0.25, 0.3) is 0 Å². The molecule has 0 radical (unpaired) electrons. The molecule has 0 saturated carbocycles. The molecule has 0 aromatic carbocycles. The molecule has 0 atom stereocenters. The van der Waals surface area contributed by atoms with Crippen molar-refractivity contribution in [3.8, 4) is 0 Å². The van der Waals surface area contributed by atoms with Crippen LogP contribution in [0.5, 0.6) is 0 Å². The predicted octanol–water partition coefficient (Wildman–Crippen LogP) is 9.56. The van der Waals surface area contributed by atoms with Gasteiger partial charge in [0.1, 0.15) is 0 Å². The number of carboxylic acid groups (broad SMARTS) is 1. The lowest BCUT2D eigenvalue weighted by atomic mass is 10.0.